The van der Waals surface area contributed by atoms with E-state index in [9.17, 15) is 4.79 Å². The third-order valence-corrected chi connectivity index (χ3v) is 4.91. The summed E-state index contributed by atoms with van der Waals surface area (Å²) in [7, 11) is 0. The summed E-state index contributed by atoms with van der Waals surface area (Å²) in [6.45, 7) is 0.530. The van der Waals surface area contributed by atoms with E-state index in [2.05, 4.69) is 25.5 Å². The zero-order valence-corrected chi connectivity index (χ0v) is 15.1. The van der Waals surface area contributed by atoms with Gasteiger partial charge in [0.2, 0.25) is 0 Å². The van der Waals surface area contributed by atoms with Gasteiger partial charge in [-0.25, -0.2) is 4.98 Å². The third-order valence-electron chi connectivity index (χ3n) is 3.97. The quantitative estimate of drug-likeness (QED) is 0.559. The first kappa shape index (κ1) is 17.0. The lowest BCUT2D eigenvalue weighted by Crippen LogP contribution is -2.25. The molecule has 134 valence electrons. The lowest BCUT2D eigenvalue weighted by atomic mass is 10.2. The van der Waals surface area contributed by atoms with Crippen molar-refractivity contribution in [2.45, 2.75) is 6.42 Å². The van der Waals surface area contributed by atoms with Crippen LogP contribution in [0, 0.1) is 0 Å². The summed E-state index contributed by atoms with van der Waals surface area (Å²) in [5.74, 6) is -0.104. The summed E-state index contributed by atoms with van der Waals surface area (Å²) in [4.78, 5) is 21.0. The molecule has 0 fully saturated rings. The standard InChI is InChI=1S/C19H16N6OS/c26-18(14-3-5-17(6-4-14)25-12-22-23-13-25)21-9-7-16-11-27-19(24-16)15-2-1-8-20-10-15/h1-6,8,10-13H,7,9H2,(H,21,26). The molecule has 0 aliphatic carbocycles. The number of carbonyl (C=O) groups is 1. The Labute approximate surface area is 159 Å². The number of carbonyl (C=O) groups excluding carboxylic acids is 1. The number of nitrogens with zero attached hydrogens (tertiary/aromatic N) is 5. The monoisotopic (exact) mass is 376 g/mol. The van der Waals surface area contributed by atoms with Crippen molar-refractivity contribution in [3.63, 3.8) is 0 Å². The average Bonchev–Trinajstić information content (AvgIpc) is 3.41. The van der Waals surface area contributed by atoms with Crippen LogP contribution in [0.15, 0.2) is 66.8 Å². The maximum atomic E-state index is 12.3. The summed E-state index contributed by atoms with van der Waals surface area (Å²) in [5, 5.41) is 13.4. The zero-order valence-electron chi connectivity index (χ0n) is 14.3. The van der Waals surface area contributed by atoms with E-state index in [1.54, 1.807) is 53.1 Å². The Morgan fingerprint density at radius 3 is 2.67 bits per heavy atom. The summed E-state index contributed by atoms with van der Waals surface area (Å²) in [5.41, 5.74) is 3.48. The van der Waals surface area contributed by atoms with Gasteiger partial charge >= 0.3 is 0 Å². The Morgan fingerprint density at radius 1 is 1.11 bits per heavy atom. The molecule has 0 unspecified atom stereocenters. The minimum Gasteiger partial charge on any atom is -0.352 e. The largest absolute Gasteiger partial charge is 0.352 e. The van der Waals surface area contributed by atoms with Crippen LogP contribution in [0.25, 0.3) is 16.3 Å². The van der Waals surface area contributed by atoms with Crippen LogP contribution in [-0.4, -0.2) is 37.2 Å². The van der Waals surface area contributed by atoms with E-state index >= 15 is 0 Å². The zero-order chi connectivity index (χ0) is 18.5. The van der Waals surface area contributed by atoms with Crippen LogP contribution in [0.1, 0.15) is 16.1 Å². The Kier molecular flexibility index (Phi) is 4.97. The molecule has 4 aromatic rings. The smallest absolute Gasteiger partial charge is 0.251 e. The normalized spacial score (nSPS) is 10.7. The van der Waals surface area contributed by atoms with E-state index in [0.29, 0.717) is 18.5 Å². The number of rotatable bonds is 6. The lowest BCUT2D eigenvalue weighted by molar-refractivity contribution is 0.0954. The summed E-state index contributed by atoms with van der Waals surface area (Å²) < 4.78 is 1.78. The molecule has 0 bridgehead atoms. The molecule has 1 amide bonds. The third kappa shape index (κ3) is 4.06. The molecule has 0 radical (unpaired) electrons. The molecule has 1 N–H and O–H groups in total. The van der Waals surface area contributed by atoms with Gasteiger partial charge in [-0.1, -0.05) is 0 Å². The predicted molar refractivity (Wildman–Crippen MR) is 103 cm³/mol. The van der Waals surface area contributed by atoms with Gasteiger partial charge in [0, 0.05) is 47.6 Å². The van der Waals surface area contributed by atoms with Crippen LogP contribution in [0.5, 0.6) is 0 Å². The fourth-order valence-electron chi connectivity index (χ4n) is 2.57. The number of benzene rings is 1. The van der Waals surface area contributed by atoms with Crippen molar-refractivity contribution in [2.75, 3.05) is 6.54 Å². The van der Waals surface area contributed by atoms with Gasteiger partial charge in [0.15, 0.2) is 0 Å². The van der Waals surface area contributed by atoms with Crippen LogP contribution in [-0.2, 0) is 6.42 Å². The SMILES string of the molecule is O=C(NCCc1csc(-c2cccnc2)n1)c1ccc(-n2cnnc2)cc1. The van der Waals surface area contributed by atoms with E-state index < -0.39 is 0 Å². The first-order valence-electron chi connectivity index (χ1n) is 8.38. The van der Waals surface area contributed by atoms with Crippen LogP contribution in [0.3, 0.4) is 0 Å². The van der Waals surface area contributed by atoms with Gasteiger partial charge in [0.05, 0.1) is 5.69 Å². The molecule has 1 aromatic carbocycles. The van der Waals surface area contributed by atoms with Crippen molar-refractivity contribution in [1.29, 1.82) is 0 Å². The summed E-state index contributed by atoms with van der Waals surface area (Å²) in [6.07, 6.45) is 7.45. The molecule has 7 nitrogen and oxygen atoms in total. The minimum absolute atomic E-state index is 0.104. The van der Waals surface area contributed by atoms with Gasteiger partial charge in [-0.3, -0.25) is 14.3 Å². The number of amides is 1. The molecule has 0 aliphatic heterocycles. The van der Waals surface area contributed by atoms with Gasteiger partial charge in [0.1, 0.15) is 17.7 Å². The molecule has 0 spiro atoms. The van der Waals surface area contributed by atoms with E-state index in [1.807, 2.05) is 29.6 Å². The summed E-state index contributed by atoms with van der Waals surface area (Å²) >= 11 is 1.58. The molecule has 3 heterocycles. The molecular weight excluding hydrogens is 360 g/mol. The van der Waals surface area contributed by atoms with Crippen molar-refractivity contribution >= 4 is 17.2 Å². The van der Waals surface area contributed by atoms with E-state index in [0.717, 1.165) is 22.0 Å². The van der Waals surface area contributed by atoms with Crippen LogP contribution in [0.2, 0.25) is 0 Å². The molecule has 0 atom stereocenters. The number of aromatic nitrogens is 5. The number of pyridine rings is 1. The molecule has 0 saturated carbocycles. The second-order valence-corrected chi connectivity index (χ2v) is 6.67. The topological polar surface area (TPSA) is 85.6 Å². The van der Waals surface area contributed by atoms with Gasteiger partial charge < -0.3 is 5.32 Å². The first-order chi connectivity index (χ1) is 13.3. The fourth-order valence-corrected chi connectivity index (χ4v) is 3.41. The number of thiazole rings is 1. The second kappa shape index (κ2) is 7.88. The Hall–Kier alpha value is -3.39. The summed E-state index contributed by atoms with van der Waals surface area (Å²) in [6, 6.07) is 11.2. The Balaban J connectivity index is 1.31. The van der Waals surface area contributed by atoms with E-state index in [1.165, 1.54) is 0 Å². The molecule has 0 aliphatic rings. The fraction of sp³-hybridized carbons (Fsp3) is 0.105. The van der Waals surface area contributed by atoms with Gasteiger partial charge in [-0.15, -0.1) is 21.5 Å². The highest BCUT2D eigenvalue weighted by Crippen LogP contribution is 2.22. The van der Waals surface area contributed by atoms with Crippen molar-refractivity contribution < 1.29 is 4.79 Å². The van der Waals surface area contributed by atoms with Crippen molar-refractivity contribution in [3.8, 4) is 16.3 Å². The van der Waals surface area contributed by atoms with Gasteiger partial charge in [0.25, 0.3) is 5.91 Å². The van der Waals surface area contributed by atoms with Crippen LogP contribution >= 0.6 is 11.3 Å². The molecule has 27 heavy (non-hydrogen) atoms. The highest BCUT2D eigenvalue weighted by Gasteiger charge is 2.08. The number of nitrogens with one attached hydrogen (secondary N) is 1. The molecule has 4 rings (SSSR count). The van der Waals surface area contributed by atoms with Crippen molar-refractivity contribution in [1.82, 2.24) is 30.0 Å². The molecular formula is C19H16N6OS. The maximum Gasteiger partial charge on any atom is 0.251 e. The van der Waals surface area contributed by atoms with Crippen molar-refractivity contribution in [2.24, 2.45) is 0 Å². The lowest BCUT2D eigenvalue weighted by Gasteiger charge is -2.06. The highest BCUT2D eigenvalue weighted by molar-refractivity contribution is 7.13. The molecule has 8 heteroatoms. The van der Waals surface area contributed by atoms with Crippen LogP contribution in [0.4, 0.5) is 0 Å². The predicted octanol–water partition coefficient (Wildman–Crippen LogP) is 2.76. The average molecular weight is 376 g/mol. The minimum atomic E-state index is -0.104. The van der Waals surface area contributed by atoms with E-state index in [-0.39, 0.29) is 5.91 Å². The van der Waals surface area contributed by atoms with Gasteiger partial charge in [-0.05, 0) is 36.4 Å². The van der Waals surface area contributed by atoms with Gasteiger partial charge in [-0.2, -0.15) is 0 Å². The molecule has 3 aromatic heterocycles. The molecule has 0 saturated heterocycles. The number of hydrogen-bond acceptors (Lipinski definition) is 6. The Morgan fingerprint density at radius 2 is 1.93 bits per heavy atom. The van der Waals surface area contributed by atoms with E-state index in [4.69, 9.17) is 0 Å². The highest BCUT2D eigenvalue weighted by atomic mass is 32.1. The first-order valence-corrected chi connectivity index (χ1v) is 9.25. The Bertz CT molecular complexity index is 1010. The van der Waals surface area contributed by atoms with Crippen LogP contribution < -0.4 is 5.32 Å². The van der Waals surface area contributed by atoms with Crippen molar-refractivity contribution in [3.05, 3.63) is 78.1 Å². The maximum absolute atomic E-state index is 12.3. The number of hydrogen-bond donors (Lipinski definition) is 1. The second-order valence-electron chi connectivity index (χ2n) is 5.81.